The fourth-order valence-electron chi connectivity index (χ4n) is 4.48. The van der Waals surface area contributed by atoms with Crippen LogP contribution in [-0.2, 0) is 14.3 Å². The lowest BCUT2D eigenvalue weighted by molar-refractivity contribution is -0.138. The van der Waals surface area contributed by atoms with E-state index in [1.54, 1.807) is 19.1 Å². The minimum Gasteiger partial charge on any atom is -0.463 e. The maximum Gasteiger partial charge on any atom is 0.336 e. The van der Waals surface area contributed by atoms with E-state index < -0.39 is 11.9 Å². The molecule has 1 aliphatic heterocycles. The molecule has 4 nitrogen and oxygen atoms in total. The Labute approximate surface area is 185 Å². The Balaban J connectivity index is 1.78. The van der Waals surface area contributed by atoms with Crippen LogP contribution < -0.4 is 5.32 Å². The van der Waals surface area contributed by atoms with Crippen molar-refractivity contribution in [3.8, 4) is 0 Å². The summed E-state index contributed by atoms with van der Waals surface area (Å²) in [6.45, 7) is 3.78. The molecule has 2 aliphatic rings. The highest BCUT2D eigenvalue weighted by Gasteiger charge is 2.41. The second-order valence-corrected chi connectivity index (χ2v) is 8.28. The van der Waals surface area contributed by atoms with Gasteiger partial charge in [0.25, 0.3) is 0 Å². The number of hydrogen-bond acceptors (Lipinski definition) is 4. The molecule has 1 N–H and O–H groups in total. The third kappa shape index (κ3) is 4.15. The van der Waals surface area contributed by atoms with Gasteiger partial charge in [-0.3, -0.25) is 4.79 Å². The number of allylic oxidation sites excluding steroid dienone is 3. The minimum absolute atomic E-state index is 0.0156. The smallest absolute Gasteiger partial charge is 0.336 e. The summed E-state index contributed by atoms with van der Waals surface area (Å²) in [6.07, 6.45) is 0.961. The van der Waals surface area contributed by atoms with Gasteiger partial charge in [0.05, 0.1) is 12.2 Å². The first-order valence-electron chi connectivity index (χ1n) is 10.3. The van der Waals surface area contributed by atoms with Crippen molar-refractivity contribution >= 4 is 23.4 Å². The van der Waals surface area contributed by atoms with Crippen molar-refractivity contribution in [3.05, 3.63) is 93.0 Å². The molecule has 31 heavy (non-hydrogen) atoms. The first kappa shape index (κ1) is 21.3. The SMILES string of the molecule is CCOC(=O)C1=C(C)NC2=C(C(=O)C[C@H](c3ccc(Cl)cc3)C2)[C@@H]1c1ccc(F)cc1. The summed E-state index contributed by atoms with van der Waals surface area (Å²) < 4.78 is 18.9. The summed E-state index contributed by atoms with van der Waals surface area (Å²) in [7, 11) is 0. The van der Waals surface area contributed by atoms with Crippen molar-refractivity contribution in [1.82, 2.24) is 5.32 Å². The fourth-order valence-corrected chi connectivity index (χ4v) is 4.60. The first-order chi connectivity index (χ1) is 14.9. The van der Waals surface area contributed by atoms with Crippen molar-refractivity contribution in [2.75, 3.05) is 6.61 Å². The van der Waals surface area contributed by atoms with Crippen LogP contribution in [0, 0.1) is 5.82 Å². The molecule has 4 rings (SSSR count). The molecule has 0 saturated carbocycles. The average molecular weight is 440 g/mol. The lowest BCUT2D eigenvalue weighted by Crippen LogP contribution is -2.36. The average Bonchev–Trinajstić information content (AvgIpc) is 2.74. The number of ether oxygens (including phenoxy) is 1. The molecule has 160 valence electrons. The standard InChI is InChI=1S/C25H23ClFNO3/c1-3-31-25(30)22-14(2)28-20-12-17(15-4-8-18(26)9-5-15)13-21(29)24(20)23(22)16-6-10-19(27)11-7-16/h4-11,17,23,28H,3,12-13H2,1-2H3/t17-,23-/m1/s1. The fraction of sp³-hybridized carbons (Fsp3) is 0.280. The topological polar surface area (TPSA) is 55.4 Å². The number of dihydropyridines is 1. The van der Waals surface area contributed by atoms with E-state index in [4.69, 9.17) is 16.3 Å². The molecule has 0 saturated heterocycles. The molecule has 0 unspecified atom stereocenters. The van der Waals surface area contributed by atoms with E-state index in [2.05, 4.69) is 5.32 Å². The molecule has 1 heterocycles. The van der Waals surface area contributed by atoms with Crippen LogP contribution in [0.3, 0.4) is 0 Å². The van der Waals surface area contributed by atoms with E-state index >= 15 is 0 Å². The van der Waals surface area contributed by atoms with Gasteiger partial charge in [0, 0.05) is 34.3 Å². The number of nitrogens with one attached hydrogen (secondary N) is 1. The number of hydrogen-bond donors (Lipinski definition) is 1. The van der Waals surface area contributed by atoms with Gasteiger partial charge in [-0.2, -0.15) is 0 Å². The summed E-state index contributed by atoms with van der Waals surface area (Å²) in [5.74, 6) is -1.45. The monoisotopic (exact) mass is 439 g/mol. The summed E-state index contributed by atoms with van der Waals surface area (Å²) in [5, 5.41) is 3.95. The van der Waals surface area contributed by atoms with Gasteiger partial charge in [-0.1, -0.05) is 35.9 Å². The predicted molar refractivity (Wildman–Crippen MR) is 117 cm³/mol. The van der Waals surface area contributed by atoms with E-state index in [0.29, 0.717) is 40.3 Å². The van der Waals surface area contributed by atoms with Crippen LogP contribution in [0.5, 0.6) is 0 Å². The van der Waals surface area contributed by atoms with Crippen molar-refractivity contribution < 1.29 is 18.7 Å². The molecule has 2 atom stereocenters. The first-order valence-corrected chi connectivity index (χ1v) is 10.7. The van der Waals surface area contributed by atoms with E-state index in [1.165, 1.54) is 12.1 Å². The summed E-state index contributed by atoms with van der Waals surface area (Å²) in [5.41, 5.74) is 4.14. The number of halogens is 2. The number of Topliss-reactive ketones (excluding diaryl/α,β-unsaturated/α-hetero) is 1. The second-order valence-electron chi connectivity index (χ2n) is 7.84. The minimum atomic E-state index is -0.588. The molecule has 6 heteroatoms. The van der Waals surface area contributed by atoms with Crippen molar-refractivity contribution in [1.29, 1.82) is 0 Å². The number of ketones is 1. The Morgan fingerprint density at radius 3 is 2.39 bits per heavy atom. The van der Waals surface area contributed by atoms with Crippen LogP contribution in [0.1, 0.15) is 49.7 Å². The second kappa shape index (κ2) is 8.67. The van der Waals surface area contributed by atoms with Crippen LogP contribution >= 0.6 is 11.6 Å². The third-order valence-electron chi connectivity index (χ3n) is 5.87. The Hall–Kier alpha value is -2.92. The van der Waals surface area contributed by atoms with Gasteiger partial charge >= 0.3 is 5.97 Å². The number of esters is 1. The van der Waals surface area contributed by atoms with Gasteiger partial charge in [0.1, 0.15) is 5.82 Å². The van der Waals surface area contributed by atoms with E-state index in [9.17, 15) is 14.0 Å². The Bertz CT molecular complexity index is 1090. The molecule has 0 bridgehead atoms. The maximum absolute atomic E-state index is 13.6. The van der Waals surface area contributed by atoms with Crippen LogP contribution in [0.4, 0.5) is 4.39 Å². The van der Waals surface area contributed by atoms with E-state index in [0.717, 1.165) is 11.3 Å². The maximum atomic E-state index is 13.6. The zero-order valence-electron chi connectivity index (χ0n) is 17.4. The normalized spacial score (nSPS) is 21.0. The number of benzene rings is 2. The van der Waals surface area contributed by atoms with Gasteiger partial charge < -0.3 is 10.1 Å². The molecular formula is C25H23ClFNO3. The molecule has 0 radical (unpaired) electrons. The highest BCUT2D eigenvalue weighted by molar-refractivity contribution is 6.30. The van der Waals surface area contributed by atoms with Gasteiger partial charge in [-0.15, -0.1) is 0 Å². The number of carbonyl (C=O) groups is 2. The molecule has 2 aromatic rings. The predicted octanol–water partition coefficient (Wildman–Crippen LogP) is 5.40. The molecule has 1 aliphatic carbocycles. The van der Waals surface area contributed by atoms with Crippen molar-refractivity contribution in [2.24, 2.45) is 0 Å². The molecule has 0 fully saturated rings. The summed E-state index contributed by atoms with van der Waals surface area (Å²) in [4.78, 5) is 26.2. The Morgan fingerprint density at radius 2 is 1.74 bits per heavy atom. The van der Waals surface area contributed by atoms with Crippen LogP contribution in [-0.4, -0.2) is 18.4 Å². The molecule has 0 amide bonds. The molecule has 0 spiro atoms. The Morgan fingerprint density at radius 1 is 1.10 bits per heavy atom. The largest absolute Gasteiger partial charge is 0.463 e. The molecule has 0 aromatic heterocycles. The van der Waals surface area contributed by atoms with Crippen LogP contribution in [0.15, 0.2) is 71.1 Å². The number of rotatable bonds is 4. The summed E-state index contributed by atoms with van der Waals surface area (Å²) >= 11 is 6.01. The van der Waals surface area contributed by atoms with Gasteiger partial charge in [0.2, 0.25) is 0 Å². The van der Waals surface area contributed by atoms with Crippen molar-refractivity contribution in [2.45, 2.75) is 38.5 Å². The highest BCUT2D eigenvalue weighted by atomic mass is 35.5. The molecular weight excluding hydrogens is 417 g/mol. The van der Waals surface area contributed by atoms with Gasteiger partial charge in [0.15, 0.2) is 5.78 Å². The highest BCUT2D eigenvalue weighted by Crippen LogP contribution is 2.45. The van der Waals surface area contributed by atoms with E-state index in [-0.39, 0.29) is 24.1 Å². The van der Waals surface area contributed by atoms with Crippen LogP contribution in [0.25, 0.3) is 0 Å². The van der Waals surface area contributed by atoms with Crippen molar-refractivity contribution in [3.63, 3.8) is 0 Å². The zero-order valence-corrected chi connectivity index (χ0v) is 18.1. The lowest BCUT2D eigenvalue weighted by Gasteiger charge is -2.36. The number of carbonyl (C=O) groups excluding carboxylic acids is 2. The third-order valence-corrected chi connectivity index (χ3v) is 6.12. The quantitative estimate of drug-likeness (QED) is 0.648. The zero-order chi connectivity index (χ0) is 22.1. The lowest BCUT2D eigenvalue weighted by atomic mass is 9.72. The van der Waals surface area contributed by atoms with Gasteiger partial charge in [-0.25, -0.2) is 9.18 Å². The van der Waals surface area contributed by atoms with E-state index in [1.807, 2.05) is 31.2 Å². The van der Waals surface area contributed by atoms with Crippen LogP contribution in [0.2, 0.25) is 5.02 Å². The molecule has 2 aromatic carbocycles. The van der Waals surface area contributed by atoms with Gasteiger partial charge in [-0.05, 0) is 61.6 Å². The summed E-state index contributed by atoms with van der Waals surface area (Å²) in [6, 6.07) is 13.5. The Kier molecular flexibility index (Phi) is 5.96.